The van der Waals surface area contributed by atoms with Gasteiger partial charge in [0.05, 0.1) is 0 Å². The summed E-state index contributed by atoms with van der Waals surface area (Å²) in [6.45, 7) is 9.76. The molecule has 0 spiro atoms. The number of hydrogen-bond donors (Lipinski definition) is 0. The molecule has 0 bridgehead atoms. The van der Waals surface area contributed by atoms with Crippen LogP contribution in [0.25, 0.3) is 0 Å². The summed E-state index contributed by atoms with van der Waals surface area (Å²) in [7, 11) is 0. The zero-order valence-corrected chi connectivity index (χ0v) is 7.46. The van der Waals surface area contributed by atoms with Crippen molar-refractivity contribution in [3.05, 3.63) is 23.0 Å². The van der Waals surface area contributed by atoms with Gasteiger partial charge in [0, 0.05) is 9.81 Å². The third-order valence-electron chi connectivity index (χ3n) is 1.03. The summed E-state index contributed by atoms with van der Waals surface area (Å²) >= 11 is 1.03. The molecule has 11 heavy (non-hydrogen) atoms. The Bertz CT molecular complexity index is 204. The topological polar surface area (TPSA) is 34.1 Å². The average molecular weight is 170 g/mol. The third-order valence-corrected chi connectivity index (χ3v) is 2.10. The molecule has 0 aliphatic heterocycles. The van der Waals surface area contributed by atoms with Crippen molar-refractivity contribution in [1.29, 1.82) is 0 Å². The van der Waals surface area contributed by atoms with Crippen LogP contribution in [-0.2, 0) is 9.59 Å². The number of ketones is 2. The summed E-state index contributed by atoms with van der Waals surface area (Å²) in [4.78, 5) is 22.0. The van der Waals surface area contributed by atoms with Gasteiger partial charge in [-0.25, -0.2) is 0 Å². The summed E-state index contributed by atoms with van der Waals surface area (Å²) in [5.74, 6) is -0.255. The highest BCUT2D eigenvalue weighted by Gasteiger charge is 2.06. The second kappa shape index (κ2) is 4.13. The summed E-state index contributed by atoms with van der Waals surface area (Å²) in [6, 6.07) is 0. The van der Waals surface area contributed by atoms with E-state index in [0.29, 0.717) is 9.81 Å². The van der Waals surface area contributed by atoms with Crippen molar-refractivity contribution >= 4 is 23.3 Å². The molecule has 3 heteroatoms. The lowest BCUT2D eigenvalue weighted by atomic mass is 10.4. The van der Waals surface area contributed by atoms with E-state index < -0.39 is 0 Å². The number of carbonyl (C=O) groups is 2. The molecule has 0 aromatic rings. The lowest BCUT2D eigenvalue weighted by molar-refractivity contribution is -0.113. The molecule has 0 atom stereocenters. The number of rotatable bonds is 4. The zero-order valence-electron chi connectivity index (χ0n) is 6.64. The third kappa shape index (κ3) is 3.78. The first kappa shape index (κ1) is 10.2. The van der Waals surface area contributed by atoms with Gasteiger partial charge in [-0.05, 0) is 13.8 Å². The minimum absolute atomic E-state index is 0.127. The molecule has 60 valence electrons. The van der Waals surface area contributed by atoms with Crippen LogP contribution in [0.2, 0.25) is 0 Å². The van der Waals surface area contributed by atoms with Crippen LogP contribution >= 0.6 is 11.8 Å². The first-order valence-corrected chi connectivity index (χ1v) is 3.84. The standard InChI is InChI=1S/C8H10O2S/c1-5(9)7(3)11-8(4)6(2)10/h3-4H2,1-2H3. The SMILES string of the molecule is C=C(SC(=C)C(C)=O)C(C)=O. The van der Waals surface area contributed by atoms with Crippen molar-refractivity contribution in [2.75, 3.05) is 0 Å². The van der Waals surface area contributed by atoms with Crippen molar-refractivity contribution < 1.29 is 9.59 Å². The van der Waals surface area contributed by atoms with Gasteiger partial charge in [0.15, 0.2) is 11.6 Å². The lowest BCUT2D eigenvalue weighted by Crippen LogP contribution is -1.95. The van der Waals surface area contributed by atoms with Gasteiger partial charge in [-0.1, -0.05) is 24.9 Å². The van der Waals surface area contributed by atoms with Gasteiger partial charge in [0.2, 0.25) is 0 Å². The molecule has 0 aliphatic carbocycles. The van der Waals surface area contributed by atoms with E-state index in [0.717, 1.165) is 11.8 Å². The van der Waals surface area contributed by atoms with E-state index in [1.165, 1.54) is 13.8 Å². The van der Waals surface area contributed by atoms with Crippen LogP contribution in [0.5, 0.6) is 0 Å². The predicted octanol–water partition coefficient (Wildman–Crippen LogP) is 1.92. The first-order valence-electron chi connectivity index (χ1n) is 3.02. The fraction of sp³-hybridized carbons (Fsp3) is 0.250. The lowest BCUT2D eigenvalue weighted by Gasteiger charge is -1.99. The number of hydrogen-bond acceptors (Lipinski definition) is 3. The Kier molecular flexibility index (Phi) is 3.82. The summed E-state index contributed by atoms with van der Waals surface area (Å²) < 4.78 is 0. The molecule has 0 heterocycles. The van der Waals surface area contributed by atoms with Crippen molar-refractivity contribution in [3.8, 4) is 0 Å². The Balaban J connectivity index is 4.07. The van der Waals surface area contributed by atoms with Gasteiger partial charge in [-0.15, -0.1) is 0 Å². The van der Waals surface area contributed by atoms with Gasteiger partial charge >= 0.3 is 0 Å². The van der Waals surface area contributed by atoms with Crippen LogP contribution in [0.1, 0.15) is 13.8 Å². The Labute approximate surface area is 70.4 Å². The maximum atomic E-state index is 10.6. The van der Waals surface area contributed by atoms with Gasteiger partial charge in [-0.2, -0.15) is 0 Å². The van der Waals surface area contributed by atoms with E-state index >= 15 is 0 Å². The maximum absolute atomic E-state index is 10.6. The van der Waals surface area contributed by atoms with E-state index in [2.05, 4.69) is 13.2 Å². The normalized spacial score (nSPS) is 8.91. The summed E-state index contributed by atoms with van der Waals surface area (Å²) in [5, 5.41) is 0. The quantitative estimate of drug-likeness (QED) is 0.604. The highest BCUT2D eigenvalue weighted by atomic mass is 32.2. The second-order valence-corrected chi connectivity index (χ2v) is 3.25. The zero-order chi connectivity index (χ0) is 9.02. The molecule has 0 aromatic carbocycles. The molecule has 0 amide bonds. The Morgan fingerprint density at radius 1 is 1.00 bits per heavy atom. The molecule has 0 aliphatic rings. The van der Waals surface area contributed by atoms with Crippen molar-refractivity contribution in [2.45, 2.75) is 13.8 Å². The highest BCUT2D eigenvalue weighted by Crippen LogP contribution is 2.23. The molecule has 0 rings (SSSR count). The summed E-state index contributed by atoms with van der Waals surface area (Å²) in [5.41, 5.74) is 0. The molecular weight excluding hydrogens is 160 g/mol. The number of allylic oxidation sites excluding steroid dienone is 2. The molecular formula is C8H10O2S. The van der Waals surface area contributed by atoms with Crippen LogP contribution in [0.4, 0.5) is 0 Å². The van der Waals surface area contributed by atoms with E-state index in [9.17, 15) is 9.59 Å². The highest BCUT2D eigenvalue weighted by molar-refractivity contribution is 8.08. The van der Waals surface area contributed by atoms with Crippen LogP contribution in [0, 0.1) is 0 Å². The van der Waals surface area contributed by atoms with Gasteiger partial charge in [0.25, 0.3) is 0 Å². The minimum Gasteiger partial charge on any atom is -0.294 e. The van der Waals surface area contributed by atoms with Gasteiger partial charge in [0.1, 0.15) is 0 Å². The molecule has 0 saturated heterocycles. The molecule has 0 radical (unpaired) electrons. The monoisotopic (exact) mass is 170 g/mol. The van der Waals surface area contributed by atoms with Crippen LogP contribution in [0.15, 0.2) is 23.0 Å². The Hall–Kier alpha value is -0.830. The van der Waals surface area contributed by atoms with Gasteiger partial charge in [-0.3, -0.25) is 9.59 Å². The van der Waals surface area contributed by atoms with Gasteiger partial charge < -0.3 is 0 Å². The Morgan fingerprint density at radius 3 is 1.45 bits per heavy atom. The van der Waals surface area contributed by atoms with Crippen molar-refractivity contribution in [2.24, 2.45) is 0 Å². The van der Waals surface area contributed by atoms with E-state index in [4.69, 9.17) is 0 Å². The smallest absolute Gasteiger partial charge is 0.165 e. The number of carbonyl (C=O) groups excluding carboxylic acids is 2. The Morgan fingerprint density at radius 2 is 1.27 bits per heavy atom. The number of Topliss-reactive ketones (excluding diaryl/α,β-unsaturated/α-hetero) is 2. The fourth-order valence-electron chi connectivity index (χ4n) is 0.292. The van der Waals surface area contributed by atoms with Crippen molar-refractivity contribution in [3.63, 3.8) is 0 Å². The molecule has 0 N–H and O–H groups in total. The molecule has 0 unspecified atom stereocenters. The maximum Gasteiger partial charge on any atom is 0.165 e. The fourth-order valence-corrected chi connectivity index (χ4v) is 0.877. The molecule has 0 saturated carbocycles. The largest absolute Gasteiger partial charge is 0.294 e. The average Bonchev–Trinajstić information content (AvgIpc) is 1.87. The molecule has 0 aromatic heterocycles. The van der Waals surface area contributed by atoms with Crippen LogP contribution in [0.3, 0.4) is 0 Å². The van der Waals surface area contributed by atoms with Crippen LogP contribution < -0.4 is 0 Å². The predicted molar refractivity (Wildman–Crippen MR) is 47.2 cm³/mol. The van der Waals surface area contributed by atoms with E-state index in [1.54, 1.807) is 0 Å². The minimum atomic E-state index is -0.127. The first-order chi connectivity index (χ1) is 4.95. The molecule has 2 nitrogen and oxygen atoms in total. The number of thioether (sulfide) groups is 1. The second-order valence-electron chi connectivity index (χ2n) is 2.06. The molecule has 0 fully saturated rings. The van der Waals surface area contributed by atoms with Crippen LogP contribution in [-0.4, -0.2) is 11.6 Å². The van der Waals surface area contributed by atoms with E-state index in [1.807, 2.05) is 0 Å². The summed E-state index contributed by atoms with van der Waals surface area (Å²) in [6.07, 6.45) is 0. The van der Waals surface area contributed by atoms with E-state index in [-0.39, 0.29) is 11.6 Å². The van der Waals surface area contributed by atoms with Crippen molar-refractivity contribution in [1.82, 2.24) is 0 Å².